The number of amides is 1. The summed E-state index contributed by atoms with van der Waals surface area (Å²) in [6.07, 6.45) is 15.2. The first kappa shape index (κ1) is 25.8. The predicted octanol–water partition coefficient (Wildman–Crippen LogP) is 5.38. The maximum absolute atomic E-state index is 13.5. The molecule has 2 aliphatic rings. The van der Waals surface area contributed by atoms with E-state index in [4.69, 9.17) is 9.47 Å². The van der Waals surface area contributed by atoms with Crippen LogP contribution >= 0.6 is 0 Å². The number of carbonyl (C=O) groups is 1. The molecule has 2 rings (SSSR count). The number of hydrogen-bond donors (Lipinski definition) is 0. The van der Waals surface area contributed by atoms with Crippen LogP contribution in [0.2, 0.25) is 0 Å². The Morgan fingerprint density at radius 3 is 1.94 bits per heavy atom. The predicted molar refractivity (Wildman–Crippen MR) is 128 cm³/mol. The molecule has 0 N–H and O–H groups in total. The minimum atomic E-state index is -0.617. The third kappa shape index (κ3) is 5.85. The summed E-state index contributed by atoms with van der Waals surface area (Å²) in [5.41, 5.74) is -0.856. The second kappa shape index (κ2) is 11.9. The van der Waals surface area contributed by atoms with Gasteiger partial charge in [0.05, 0.1) is 25.0 Å². The van der Waals surface area contributed by atoms with Crippen LogP contribution in [0.25, 0.3) is 0 Å². The molecule has 0 aromatic rings. The van der Waals surface area contributed by atoms with Crippen LogP contribution in [0.4, 0.5) is 0 Å². The number of likely N-dealkylation sites (tertiary alicyclic amines) is 1. The number of rotatable bonds is 14. The molecule has 31 heavy (non-hydrogen) atoms. The van der Waals surface area contributed by atoms with Crippen LogP contribution in [0, 0.1) is 10.8 Å². The molecule has 1 spiro atoms. The van der Waals surface area contributed by atoms with Gasteiger partial charge in [-0.3, -0.25) is 4.79 Å². The molecular formula is C26H46N2O3. The molecule has 0 aromatic carbocycles. The lowest BCUT2D eigenvalue weighted by atomic mass is 9.66. The zero-order chi connectivity index (χ0) is 22.9. The summed E-state index contributed by atoms with van der Waals surface area (Å²) in [5, 5.41) is 0. The summed E-state index contributed by atoms with van der Waals surface area (Å²) < 4.78 is 12.1. The van der Waals surface area contributed by atoms with Crippen molar-refractivity contribution in [1.82, 2.24) is 9.80 Å². The Morgan fingerprint density at radius 1 is 0.935 bits per heavy atom. The van der Waals surface area contributed by atoms with Crippen LogP contribution in [0.15, 0.2) is 23.7 Å². The zero-order valence-corrected chi connectivity index (χ0v) is 21.0. The molecule has 5 nitrogen and oxygen atoms in total. The van der Waals surface area contributed by atoms with Gasteiger partial charge in [-0.1, -0.05) is 52.4 Å². The molecule has 1 fully saturated rings. The van der Waals surface area contributed by atoms with E-state index in [0.717, 1.165) is 69.7 Å². The van der Waals surface area contributed by atoms with Crippen molar-refractivity contribution < 1.29 is 14.3 Å². The quantitative estimate of drug-likeness (QED) is 0.344. The minimum Gasteiger partial charge on any atom is -0.500 e. The number of methoxy groups -OCH3 is 2. The van der Waals surface area contributed by atoms with Gasteiger partial charge in [0.25, 0.3) is 0 Å². The van der Waals surface area contributed by atoms with Gasteiger partial charge in [-0.15, -0.1) is 0 Å². The molecule has 1 saturated heterocycles. The van der Waals surface area contributed by atoms with Gasteiger partial charge in [0.2, 0.25) is 5.91 Å². The molecule has 0 atom stereocenters. The Bertz CT molecular complexity index is 605. The largest absolute Gasteiger partial charge is 0.500 e. The molecule has 1 heterocycles. The fourth-order valence-corrected chi connectivity index (χ4v) is 5.27. The minimum absolute atomic E-state index is 0.200. The van der Waals surface area contributed by atoms with Crippen molar-refractivity contribution >= 4 is 5.91 Å². The second-order valence-electron chi connectivity index (χ2n) is 9.66. The lowest BCUT2D eigenvalue weighted by Crippen LogP contribution is -2.40. The molecule has 0 unspecified atom stereocenters. The summed E-state index contributed by atoms with van der Waals surface area (Å²) in [4.78, 5) is 17.7. The van der Waals surface area contributed by atoms with E-state index < -0.39 is 5.41 Å². The first-order valence-corrected chi connectivity index (χ1v) is 12.4. The van der Waals surface area contributed by atoms with Gasteiger partial charge in [-0.05, 0) is 58.5 Å². The molecule has 0 bridgehead atoms. The van der Waals surface area contributed by atoms with Crippen LogP contribution in [-0.2, 0) is 14.3 Å². The fourth-order valence-electron chi connectivity index (χ4n) is 5.27. The van der Waals surface area contributed by atoms with Crippen LogP contribution in [-0.4, -0.2) is 63.7 Å². The third-order valence-corrected chi connectivity index (χ3v) is 7.09. The first-order chi connectivity index (χ1) is 14.9. The highest BCUT2D eigenvalue weighted by Crippen LogP contribution is 2.53. The van der Waals surface area contributed by atoms with Crippen molar-refractivity contribution in [3.8, 4) is 0 Å². The SMILES string of the molecule is CCCCCC1(CCCCC)C(OC)=CC2(C=C1OC)CCN(CCCN(C)C)C2=O. The number of ether oxygens (including phenoxy) is 2. The molecule has 5 heteroatoms. The van der Waals surface area contributed by atoms with E-state index in [1.807, 2.05) is 4.90 Å². The van der Waals surface area contributed by atoms with Gasteiger partial charge >= 0.3 is 0 Å². The average molecular weight is 435 g/mol. The van der Waals surface area contributed by atoms with Crippen LogP contribution in [0.1, 0.15) is 78.1 Å². The molecule has 1 aliphatic carbocycles. The van der Waals surface area contributed by atoms with Crippen molar-refractivity contribution in [3.05, 3.63) is 23.7 Å². The lowest BCUT2D eigenvalue weighted by Gasteiger charge is -2.42. The maximum atomic E-state index is 13.5. The highest BCUT2D eigenvalue weighted by atomic mass is 16.5. The summed E-state index contributed by atoms with van der Waals surface area (Å²) in [6, 6.07) is 0. The molecular weight excluding hydrogens is 388 g/mol. The van der Waals surface area contributed by atoms with Crippen molar-refractivity contribution in [2.75, 3.05) is 47.9 Å². The summed E-state index contributed by atoms with van der Waals surface area (Å²) in [7, 11) is 7.68. The van der Waals surface area contributed by atoms with E-state index in [2.05, 4.69) is 45.0 Å². The molecule has 1 aliphatic heterocycles. The maximum Gasteiger partial charge on any atom is 0.236 e. The number of unbranched alkanes of at least 4 members (excludes halogenated alkanes) is 4. The Balaban J connectivity index is 2.33. The molecule has 0 saturated carbocycles. The average Bonchev–Trinajstić information content (AvgIpc) is 3.04. The van der Waals surface area contributed by atoms with E-state index in [0.29, 0.717) is 0 Å². The standard InChI is InChI=1S/C26H46N2O3/c1-7-9-11-14-26(15-12-10-8-2)22(30-5)20-25(21-23(26)31-6)16-19-28(24(25)29)18-13-17-27(3)4/h20-21H,7-19H2,1-6H3. The molecule has 0 radical (unpaired) electrons. The number of hydrogen-bond acceptors (Lipinski definition) is 4. The fraction of sp³-hybridized carbons (Fsp3) is 0.808. The van der Waals surface area contributed by atoms with E-state index >= 15 is 0 Å². The van der Waals surface area contributed by atoms with Gasteiger partial charge < -0.3 is 19.3 Å². The summed E-state index contributed by atoms with van der Waals surface area (Å²) in [5.74, 6) is 2.09. The topological polar surface area (TPSA) is 42.0 Å². The zero-order valence-electron chi connectivity index (χ0n) is 21.0. The number of nitrogens with zero attached hydrogens (tertiary/aromatic N) is 2. The summed E-state index contributed by atoms with van der Waals surface area (Å²) in [6.45, 7) is 7.08. The van der Waals surface area contributed by atoms with Gasteiger partial charge in [0.15, 0.2) is 0 Å². The van der Waals surface area contributed by atoms with Crippen molar-refractivity contribution in [2.45, 2.75) is 78.1 Å². The monoisotopic (exact) mass is 434 g/mol. The first-order valence-electron chi connectivity index (χ1n) is 12.4. The van der Waals surface area contributed by atoms with E-state index in [-0.39, 0.29) is 11.3 Å². The molecule has 0 aromatic heterocycles. The highest BCUT2D eigenvalue weighted by molar-refractivity contribution is 5.89. The normalized spacial score (nSPS) is 19.7. The van der Waals surface area contributed by atoms with Crippen molar-refractivity contribution in [2.24, 2.45) is 10.8 Å². The van der Waals surface area contributed by atoms with Gasteiger partial charge in [0.1, 0.15) is 11.5 Å². The third-order valence-electron chi connectivity index (χ3n) is 7.09. The molecule has 178 valence electrons. The van der Waals surface area contributed by atoms with Crippen LogP contribution < -0.4 is 0 Å². The Morgan fingerprint density at radius 2 is 1.48 bits per heavy atom. The van der Waals surface area contributed by atoms with E-state index in [1.165, 1.54) is 25.7 Å². The van der Waals surface area contributed by atoms with Gasteiger partial charge in [-0.2, -0.15) is 0 Å². The Hall–Kier alpha value is -1.49. The molecule has 1 amide bonds. The van der Waals surface area contributed by atoms with Crippen LogP contribution in [0.3, 0.4) is 0 Å². The summed E-state index contributed by atoms with van der Waals surface area (Å²) >= 11 is 0. The van der Waals surface area contributed by atoms with Crippen molar-refractivity contribution in [3.63, 3.8) is 0 Å². The Kier molecular flexibility index (Phi) is 9.92. The van der Waals surface area contributed by atoms with Gasteiger partial charge in [-0.25, -0.2) is 0 Å². The lowest BCUT2D eigenvalue weighted by molar-refractivity contribution is -0.132. The second-order valence-corrected chi connectivity index (χ2v) is 9.66. The van der Waals surface area contributed by atoms with Gasteiger partial charge in [0, 0.05) is 13.1 Å². The van der Waals surface area contributed by atoms with E-state index in [1.54, 1.807) is 14.2 Å². The van der Waals surface area contributed by atoms with Crippen molar-refractivity contribution in [1.29, 1.82) is 0 Å². The number of carbonyl (C=O) groups excluding carboxylic acids is 1. The van der Waals surface area contributed by atoms with Crippen LogP contribution in [0.5, 0.6) is 0 Å². The highest BCUT2D eigenvalue weighted by Gasteiger charge is 2.52. The smallest absolute Gasteiger partial charge is 0.236 e. The van der Waals surface area contributed by atoms with E-state index in [9.17, 15) is 4.79 Å². The Labute approximate surface area is 190 Å².